The topological polar surface area (TPSA) is 94.9 Å². The van der Waals surface area contributed by atoms with E-state index in [1.54, 1.807) is 29.2 Å². The Morgan fingerprint density at radius 1 is 1.48 bits per heavy atom. The summed E-state index contributed by atoms with van der Waals surface area (Å²) in [6.07, 6.45) is 7.27. The van der Waals surface area contributed by atoms with E-state index in [9.17, 15) is 8.42 Å². The molecular weight excluding hydrogens is 290 g/mol. The van der Waals surface area contributed by atoms with E-state index in [0.29, 0.717) is 18.4 Å². The van der Waals surface area contributed by atoms with Crippen LogP contribution in [-0.2, 0) is 30.2 Å². The van der Waals surface area contributed by atoms with Crippen LogP contribution in [0.15, 0.2) is 29.6 Å². The van der Waals surface area contributed by atoms with Crippen LogP contribution in [0.5, 0.6) is 0 Å². The van der Waals surface area contributed by atoms with Crippen LogP contribution in [0, 0.1) is 0 Å². The van der Waals surface area contributed by atoms with Crippen LogP contribution in [0.4, 0.5) is 0 Å². The normalized spacial score (nSPS) is 15.5. The third-order valence-corrected chi connectivity index (χ3v) is 5.08. The summed E-state index contributed by atoms with van der Waals surface area (Å²) in [4.78, 5) is 4.37. The summed E-state index contributed by atoms with van der Waals surface area (Å²) in [5.41, 5.74) is 6.55. The number of imidazole rings is 1. The van der Waals surface area contributed by atoms with Gasteiger partial charge in [-0.25, -0.2) is 18.1 Å². The lowest BCUT2D eigenvalue weighted by Gasteiger charge is -2.05. The SMILES string of the molecule is Cn1ccnc1CNS(=O)(=O)c1cc(CN)n(C2CC2)c1. The van der Waals surface area contributed by atoms with Gasteiger partial charge in [-0.2, -0.15) is 0 Å². The summed E-state index contributed by atoms with van der Waals surface area (Å²) in [7, 11) is -1.72. The second-order valence-electron chi connectivity index (χ2n) is 5.29. The molecule has 0 radical (unpaired) electrons. The maximum Gasteiger partial charge on any atom is 0.242 e. The smallest absolute Gasteiger partial charge is 0.242 e. The molecule has 0 amide bonds. The fourth-order valence-electron chi connectivity index (χ4n) is 2.31. The van der Waals surface area contributed by atoms with Gasteiger partial charge < -0.3 is 14.9 Å². The molecule has 0 saturated heterocycles. The Morgan fingerprint density at radius 3 is 2.81 bits per heavy atom. The number of nitrogens with two attached hydrogens (primary N) is 1. The maximum atomic E-state index is 12.4. The molecule has 3 N–H and O–H groups in total. The summed E-state index contributed by atoms with van der Waals surface area (Å²) in [5, 5.41) is 0. The maximum absolute atomic E-state index is 12.4. The van der Waals surface area contributed by atoms with Gasteiger partial charge in [0.25, 0.3) is 0 Å². The third-order valence-electron chi connectivity index (χ3n) is 3.71. The van der Waals surface area contributed by atoms with Gasteiger partial charge >= 0.3 is 0 Å². The van der Waals surface area contributed by atoms with E-state index in [-0.39, 0.29) is 11.4 Å². The van der Waals surface area contributed by atoms with Gasteiger partial charge in [0.15, 0.2) is 0 Å². The summed E-state index contributed by atoms with van der Waals surface area (Å²) in [6, 6.07) is 2.06. The average Bonchev–Trinajstić information content (AvgIpc) is 3.06. The van der Waals surface area contributed by atoms with Crippen molar-refractivity contribution in [3.05, 3.63) is 36.2 Å². The Hall–Kier alpha value is -1.64. The molecule has 1 aliphatic rings. The summed E-state index contributed by atoms with van der Waals surface area (Å²) in [5.74, 6) is 0.666. The second kappa shape index (κ2) is 5.28. The van der Waals surface area contributed by atoms with Crippen molar-refractivity contribution >= 4 is 10.0 Å². The highest BCUT2D eigenvalue weighted by atomic mass is 32.2. The monoisotopic (exact) mass is 309 g/mol. The number of rotatable bonds is 6. The van der Waals surface area contributed by atoms with E-state index in [2.05, 4.69) is 9.71 Å². The number of sulfonamides is 1. The van der Waals surface area contributed by atoms with Crippen molar-refractivity contribution in [3.63, 3.8) is 0 Å². The average molecular weight is 309 g/mol. The van der Waals surface area contributed by atoms with Crippen molar-refractivity contribution < 1.29 is 8.42 Å². The molecule has 0 unspecified atom stereocenters. The Kier molecular flexibility index (Phi) is 3.60. The van der Waals surface area contributed by atoms with Gasteiger partial charge in [0.05, 0.1) is 11.4 Å². The van der Waals surface area contributed by atoms with Crippen LogP contribution in [0.1, 0.15) is 30.4 Å². The first-order valence-corrected chi connectivity index (χ1v) is 8.36. The molecule has 21 heavy (non-hydrogen) atoms. The Morgan fingerprint density at radius 2 is 2.24 bits per heavy atom. The predicted molar refractivity (Wildman–Crippen MR) is 77.8 cm³/mol. The molecular formula is C13H19N5O2S. The first-order valence-electron chi connectivity index (χ1n) is 6.88. The highest BCUT2D eigenvalue weighted by Gasteiger charge is 2.27. The standard InChI is InChI=1S/C13H19N5O2S/c1-17-5-4-15-13(17)8-16-21(19,20)12-6-11(7-14)18(9-12)10-2-3-10/h4-6,9-10,16H,2-3,7-8,14H2,1H3. The number of hydrogen-bond acceptors (Lipinski definition) is 4. The number of nitrogens with zero attached hydrogens (tertiary/aromatic N) is 3. The molecule has 1 saturated carbocycles. The fraction of sp³-hybridized carbons (Fsp3) is 0.462. The lowest BCUT2D eigenvalue weighted by molar-refractivity contribution is 0.577. The molecule has 2 aromatic heterocycles. The molecule has 7 nitrogen and oxygen atoms in total. The molecule has 114 valence electrons. The number of aromatic nitrogens is 3. The molecule has 0 atom stereocenters. The van der Waals surface area contributed by atoms with Crippen LogP contribution in [0.2, 0.25) is 0 Å². The molecule has 1 fully saturated rings. The number of aryl methyl sites for hydroxylation is 1. The number of nitrogens with one attached hydrogen (secondary N) is 1. The molecule has 0 aromatic carbocycles. The predicted octanol–water partition coefficient (Wildman–Crippen LogP) is 0.494. The largest absolute Gasteiger partial charge is 0.346 e. The van der Waals surface area contributed by atoms with Crippen molar-refractivity contribution in [2.24, 2.45) is 12.8 Å². The van der Waals surface area contributed by atoms with E-state index < -0.39 is 10.0 Å². The van der Waals surface area contributed by atoms with Gasteiger partial charge in [0.2, 0.25) is 10.0 Å². The minimum atomic E-state index is -3.55. The zero-order chi connectivity index (χ0) is 15.0. The van der Waals surface area contributed by atoms with Gasteiger partial charge in [-0.05, 0) is 18.9 Å². The molecule has 2 aromatic rings. The quantitative estimate of drug-likeness (QED) is 0.812. The van der Waals surface area contributed by atoms with Crippen molar-refractivity contribution in [2.45, 2.75) is 36.9 Å². The minimum absolute atomic E-state index is 0.165. The van der Waals surface area contributed by atoms with Gasteiger partial charge in [-0.15, -0.1) is 0 Å². The van der Waals surface area contributed by atoms with Gasteiger partial charge in [-0.3, -0.25) is 0 Å². The van der Waals surface area contributed by atoms with Crippen LogP contribution >= 0.6 is 0 Å². The van der Waals surface area contributed by atoms with Gasteiger partial charge in [0, 0.05) is 43.9 Å². The zero-order valence-corrected chi connectivity index (χ0v) is 12.7. The first kappa shape index (κ1) is 14.3. The fourth-order valence-corrected chi connectivity index (χ4v) is 3.34. The van der Waals surface area contributed by atoms with E-state index in [1.807, 2.05) is 11.6 Å². The van der Waals surface area contributed by atoms with E-state index >= 15 is 0 Å². The highest BCUT2D eigenvalue weighted by Crippen LogP contribution is 2.37. The van der Waals surface area contributed by atoms with Crippen molar-refractivity contribution in [2.75, 3.05) is 0 Å². The van der Waals surface area contributed by atoms with Gasteiger partial charge in [0.1, 0.15) is 5.82 Å². The van der Waals surface area contributed by atoms with Gasteiger partial charge in [-0.1, -0.05) is 0 Å². The molecule has 8 heteroatoms. The van der Waals surface area contributed by atoms with E-state index in [4.69, 9.17) is 5.73 Å². The highest BCUT2D eigenvalue weighted by molar-refractivity contribution is 7.89. The third kappa shape index (κ3) is 2.87. The Balaban J connectivity index is 1.79. The lowest BCUT2D eigenvalue weighted by atomic mass is 10.4. The van der Waals surface area contributed by atoms with Crippen LogP contribution < -0.4 is 10.5 Å². The lowest BCUT2D eigenvalue weighted by Crippen LogP contribution is -2.24. The van der Waals surface area contributed by atoms with E-state index in [1.165, 1.54) is 0 Å². The molecule has 1 aliphatic carbocycles. The van der Waals surface area contributed by atoms with Crippen LogP contribution in [-0.4, -0.2) is 22.5 Å². The van der Waals surface area contributed by atoms with Crippen LogP contribution in [0.25, 0.3) is 0 Å². The molecule has 0 aliphatic heterocycles. The van der Waals surface area contributed by atoms with Crippen molar-refractivity contribution in [1.29, 1.82) is 0 Å². The number of hydrogen-bond donors (Lipinski definition) is 2. The summed E-state index contributed by atoms with van der Waals surface area (Å²) >= 11 is 0. The molecule has 3 rings (SSSR count). The van der Waals surface area contributed by atoms with E-state index in [0.717, 1.165) is 18.5 Å². The van der Waals surface area contributed by atoms with Crippen molar-refractivity contribution in [3.8, 4) is 0 Å². The molecule has 0 spiro atoms. The summed E-state index contributed by atoms with van der Waals surface area (Å²) in [6.45, 7) is 0.504. The second-order valence-corrected chi connectivity index (χ2v) is 7.06. The first-order chi connectivity index (χ1) is 10.0. The van der Waals surface area contributed by atoms with Crippen LogP contribution in [0.3, 0.4) is 0 Å². The summed E-state index contributed by atoms with van der Waals surface area (Å²) < 4.78 is 31.1. The Bertz CT molecular complexity index is 742. The molecule has 2 heterocycles. The minimum Gasteiger partial charge on any atom is -0.346 e. The van der Waals surface area contributed by atoms with Crippen molar-refractivity contribution in [1.82, 2.24) is 18.8 Å². The zero-order valence-electron chi connectivity index (χ0n) is 11.9. The molecule has 0 bridgehead atoms. The Labute approximate surface area is 123 Å².